The highest BCUT2D eigenvalue weighted by Gasteiger charge is 2.53. The van der Waals surface area contributed by atoms with Crippen LogP contribution in [0.5, 0.6) is 0 Å². The molecule has 7 heteroatoms. The zero-order valence-electron chi connectivity index (χ0n) is 16.9. The van der Waals surface area contributed by atoms with Crippen molar-refractivity contribution in [3.05, 3.63) is 36.7 Å². The predicted octanol–water partition coefficient (Wildman–Crippen LogP) is 2.43. The number of furan rings is 1. The standard InChI is InChI=1S/C23H26N4O3/c28-20-5-3-4-18-15-12-16(21(27(18)20)23(29)25-9-1-2-10-25)14-26(13-15)22-17-7-11-30-19(17)6-8-24-22/h1-2,6-8,11,15-16,18,21H,3-5,9-10,12-14H2/t15-,16+,18-,21+/m0/s1. The Balaban J connectivity index is 1.37. The summed E-state index contributed by atoms with van der Waals surface area (Å²) in [7, 11) is 0. The van der Waals surface area contributed by atoms with E-state index in [1.807, 2.05) is 34.1 Å². The third-order valence-electron chi connectivity index (χ3n) is 7.38. The molecule has 7 nitrogen and oxygen atoms in total. The maximum atomic E-state index is 13.6. The highest BCUT2D eigenvalue weighted by Crippen LogP contribution is 2.43. The van der Waals surface area contributed by atoms with E-state index < -0.39 is 0 Å². The van der Waals surface area contributed by atoms with E-state index >= 15 is 0 Å². The Kier molecular flexibility index (Phi) is 4.11. The number of rotatable bonds is 2. The summed E-state index contributed by atoms with van der Waals surface area (Å²) in [6.07, 6.45) is 11.0. The van der Waals surface area contributed by atoms with Crippen LogP contribution < -0.4 is 4.90 Å². The molecule has 2 aromatic heterocycles. The van der Waals surface area contributed by atoms with Gasteiger partial charge in [0.15, 0.2) is 0 Å². The van der Waals surface area contributed by atoms with Crippen molar-refractivity contribution in [2.24, 2.45) is 11.8 Å². The Bertz CT molecular complexity index is 1020. The molecule has 0 aliphatic carbocycles. The minimum absolute atomic E-state index is 0.111. The molecule has 4 aliphatic rings. The van der Waals surface area contributed by atoms with Crippen LogP contribution in [0.15, 0.2) is 41.2 Å². The smallest absolute Gasteiger partial charge is 0.246 e. The lowest BCUT2D eigenvalue weighted by molar-refractivity contribution is -0.160. The molecule has 3 saturated heterocycles. The van der Waals surface area contributed by atoms with E-state index in [4.69, 9.17) is 4.42 Å². The van der Waals surface area contributed by atoms with E-state index in [0.29, 0.717) is 25.4 Å². The number of hydrogen-bond donors (Lipinski definition) is 0. The van der Waals surface area contributed by atoms with Gasteiger partial charge >= 0.3 is 0 Å². The molecule has 6 rings (SSSR count). The fourth-order valence-electron chi connectivity index (χ4n) is 6.12. The van der Waals surface area contributed by atoms with Gasteiger partial charge in [-0.15, -0.1) is 0 Å². The predicted molar refractivity (Wildman–Crippen MR) is 112 cm³/mol. The minimum atomic E-state index is -0.356. The molecule has 2 bridgehead atoms. The SMILES string of the molecule is O=C([C@H]1[C@@H]2C[C@@H](CN(c3nccc4occc34)C2)[C@@H]2CCCC(=O)N21)N1CC=CC1. The summed E-state index contributed by atoms with van der Waals surface area (Å²) in [6.45, 7) is 2.91. The van der Waals surface area contributed by atoms with Gasteiger partial charge in [-0.2, -0.15) is 0 Å². The van der Waals surface area contributed by atoms with Gasteiger partial charge in [0.1, 0.15) is 17.4 Å². The van der Waals surface area contributed by atoms with Crippen molar-refractivity contribution in [3.63, 3.8) is 0 Å². The van der Waals surface area contributed by atoms with Crippen LogP contribution in [0.4, 0.5) is 5.82 Å². The number of fused-ring (bicyclic) bond motifs is 5. The van der Waals surface area contributed by atoms with Gasteiger partial charge < -0.3 is 19.1 Å². The Hall–Kier alpha value is -2.83. The summed E-state index contributed by atoms with van der Waals surface area (Å²) >= 11 is 0. The Morgan fingerprint density at radius 2 is 1.97 bits per heavy atom. The fourth-order valence-corrected chi connectivity index (χ4v) is 6.12. The summed E-state index contributed by atoms with van der Waals surface area (Å²) in [4.78, 5) is 37.4. The van der Waals surface area contributed by atoms with Crippen LogP contribution in [-0.2, 0) is 9.59 Å². The van der Waals surface area contributed by atoms with Crippen LogP contribution in [0.2, 0.25) is 0 Å². The van der Waals surface area contributed by atoms with Gasteiger partial charge in [0.2, 0.25) is 11.8 Å². The summed E-state index contributed by atoms with van der Waals surface area (Å²) in [6, 6.07) is 3.65. The molecule has 0 unspecified atom stereocenters. The quantitative estimate of drug-likeness (QED) is 0.717. The molecular weight excluding hydrogens is 380 g/mol. The molecule has 3 fully saturated rings. The molecular formula is C23H26N4O3. The lowest BCUT2D eigenvalue weighted by Gasteiger charge is -2.56. The number of carbonyl (C=O) groups excluding carboxylic acids is 2. The van der Waals surface area contributed by atoms with Crippen molar-refractivity contribution >= 4 is 28.6 Å². The second kappa shape index (κ2) is 6.86. The molecule has 30 heavy (non-hydrogen) atoms. The van der Waals surface area contributed by atoms with Gasteiger partial charge in [0.05, 0.1) is 11.6 Å². The third-order valence-corrected chi connectivity index (χ3v) is 7.38. The maximum absolute atomic E-state index is 13.6. The van der Waals surface area contributed by atoms with Gasteiger partial charge in [0.25, 0.3) is 0 Å². The Morgan fingerprint density at radius 1 is 1.13 bits per heavy atom. The van der Waals surface area contributed by atoms with E-state index in [1.165, 1.54) is 0 Å². The van der Waals surface area contributed by atoms with Crippen LogP contribution in [0.25, 0.3) is 11.0 Å². The molecule has 0 aromatic carbocycles. The summed E-state index contributed by atoms with van der Waals surface area (Å²) in [5, 5.41) is 1.01. The topological polar surface area (TPSA) is 69.9 Å². The van der Waals surface area contributed by atoms with E-state index in [1.54, 1.807) is 12.5 Å². The van der Waals surface area contributed by atoms with E-state index in [0.717, 1.165) is 49.1 Å². The first-order valence-electron chi connectivity index (χ1n) is 11.0. The molecule has 0 N–H and O–H groups in total. The van der Waals surface area contributed by atoms with Crippen molar-refractivity contribution in [2.75, 3.05) is 31.1 Å². The number of anilines is 1. The first-order chi connectivity index (χ1) is 14.7. The Labute approximate surface area is 175 Å². The summed E-state index contributed by atoms with van der Waals surface area (Å²) in [5.74, 6) is 1.70. The monoisotopic (exact) mass is 406 g/mol. The first-order valence-corrected chi connectivity index (χ1v) is 11.0. The first kappa shape index (κ1) is 18.0. The summed E-state index contributed by atoms with van der Waals surface area (Å²) < 4.78 is 5.58. The van der Waals surface area contributed by atoms with Gasteiger partial charge in [-0.05, 0) is 37.3 Å². The molecule has 6 heterocycles. The van der Waals surface area contributed by atoms with Gasteiger partial charge in [-0.1, -0.05) is 12.2 Å². The lowest BCUT2D eigenvalue weighted by atomic mass is 9.71. The molecule has 4 aliphatic heterocycles. The third kappa shape index (κ3) is 2.67. The van der Waals surface area contributed by atoms with E-state index in [2.05, 4.69) is 9.88 Å². The number of piperidine rings is 3. The van der Waals surface area contributed by atoms with Crippen LogP contribution in [-0.4, -0.2) is 64.9 Å². The highest BCUT2D eigenvalue weighted by molar-refractivity contribution is 5.90. The number of hydrogen-bond acceptors (Lipinski definition) is 5. The van der Waals surface area contributed by atoms with Crippen molar-refractivity contribution < 1.29 is 14.0 Å². The average molecular weight is 406 g/mol. The van der Waals surface area contributed by atoms with Gasteiger partial charge in [-0.3, -0.25) is 9.59 Å². The summed E-state index contributed by atoms with van der Waals surface area (Å²) in [5.41, 5.74) is 0.834. The average Bonchev–Trinajstić information content (AvgIpc) is 3.46. The largest absolute Gasteiger partial charge is 0.464 e. The zero-order chi connectivity index (χ0) is 20.2. The van der Waals surface area contributed by atoms with Crippen molar-refractivity contribution in [1.82, 2.24) is 14.8 Å². The molecule has 2 amide bonds. The van der Waals surface area contributed by atoms with Crippen LogP contribution >= 0.6 is 0 Å². The zero-order valence-corrected chi connectivity index (χ0v) is 16.9. The molecule has 0 radical (unpaired) electrons. The second-order valence-corrected chi connectivity index (χ2v) is 9.05. The second-order valence-electron chi connectivity index (χ2n) is 9.05. The van der Waals surface area contributed by atoms with E-state index in [-0.39, 0.29) is 29.8 Å². The van der Waals surface area contributed by atoms with Crippen molar-refractivity contribution in [2.45, 2.75) is 37.8 Å². The highest BCUT2D eigenvalue weighted by atomic mass is 16.3. The number of pyridine rings is 1. The van der Waals surface area contributed by atoms with Crippen LogP contribution in [0.1, 0.15) is 25.7 Å². The molecule has 4 atom stereocenters. The van der Waals surface area contributed by atoms with E-state index in [9.17, 15) is 9.59 Å². The molecule has 0 spiro atoms. The molecule has 156 valence electrons. The maximum Gasteiger partial charge on any atom is 0.246 e. The van der Waals surface area contributed by atoms with Crippen molar-refractivity contribution in [1.29, 1.82) is 0 Å². The normalized spacial score (nSPS) is 30.8. The molecule has 2 aromatic rings. The number of aromatic nitrogens is 1. The number of amides is 2. The fraction of sp³-hybridized carbons (Fsp3) is 0.522. The van der Waals surface area contributed by atoms with Crippen LogP contribution in [0, 0.1) is 11.8 Å². The van der Waals surface area contributed by atoms with Crippen molar-refractivity contribution in [3.8, 4) is 0 Å². The van der Waals surface area contributed by atoms with Gasteiger partial charge in [0, 0.05) is 50.8 Å². The molecule has 0 saturated carbocycles. The number of nitrogens with zero attached hydrogens (tertiary/aromatic N) is 4. The minimum Gasteiger partial charge on any atom is -0.464 e. The number of carbonyl (C=O) groups is 2. The lowest BCUT2D eigenvalue weighted by Crippen LogP contribution is -2.68. The van der Waals surface area contributed by atoms with Gasteiger partial charge in [-0.25, -0.2) is 4.98 Å². The Morgan fingerprint density at radius 3 is 2.83 bits per heavy atom. The van der Waals surface area contributed by atoms with Crippen LogP contribution in [0.3, 0.4) is 0 Å².